The second-order valence-electron chi connectivity index (χ2n) is 1.85. The second-order valence-corrected chi connectivity index (χ2v) is 1.85. The van der Waals surface area contributed by atoms with E-state index in [0.717, 1.165) is 0 Å². The van der Waals surface area contributed by atoms with E-state index in [0.29, 0.717) is 24.3 Å². The van der Waals surface area contributed by atoms with Crippen molar-refractivity contribution < 1.29 is 0 Å². The summed E-state index contributed by atoms with van der Waals surface area (Å²) in [7, 11) is 0. The fourth-order valence-corrected chi connectivity index (χ4v) is 0.404. The van der Waals surface area contributed by atoms with Gasteiger partial charge in [0.25, 0.3) is 0 Å². The van der Waals surface area contributed by atoms with Crippen LogP contribution >= 0.6 is 0 Å². The normalized spacial score (nSPS) is 8.56. The molecule has 0 aromatic carbocycles. The van der Waals surface area contributed by atoms with Crippen molar-refractivity contribution in [2.24, 2.45) is 0 Å². The first-order valence-corrected chi connectivity index (χ1v) is 2.80. The van der Waals surface area contributed by atoms with E-state index >= 15 is 0 Å². The molecular weight excluding hydrogens is 114 g/mol. The Morgan fingerprint density at radius 1 is 1.44 bits per heavy atom. The van der Waals surface area contributed by atoms with Crippen molar-refractivity contribution in [3.63, 3.8) is 0 Å². The summed E-state index contributed by atoms with van der Waals surface area (Å²) in [5.41, 5.74) is 0.635. The van der Waals surface area contributed by atoms with Gasteiger partial charge >= 0.3 is 0 Å². The first-order valence-electron chi connectivity index (χ1n) is 2.80. The van der Waals surface area contributed by atoms with Crippen molar-refractivity contribution in [2.45, 2.75) is 19.8 Å². The molecule has 3 heteroatoms. The van der Waals surface area contributed by atoms with Crippen LogP contribution in [0.4, 0.5) is 0 Å². The molecule has 3 N–H and O–H groups in total. The van der Waals surface area contributed by atoms with Crippen LogP contribution in [0.25, 0.3) is 0 Å². The average Bonchev–Trinajstić information content (AvgIpc) is 1.82. The molecule has 50 valence electrons. The predicted octanol–water partition coefficient (Wildman–Crippen LogP) is 1.48. The molecule has 0 aromatic rings. The molecule has 0 spiro atoms. The lowest BCUT2D eigenvalue weighted by atomic mass is 10.1. The summed E-state index contributed by atoms with van der Waals surface area (Å²) in [4.78, 5) is 0. The van der Waals surface area contributed by atoms with E-state index in [9.17, 15) is 0 Å². The van der Waals surface area contributed by atoms with Crippen LogP contribution in [0, 0.1) is 16.2 Å². The molecular formula is C6H11N3. The van der Waals surface area contributed by atoms with E-state index < -0.39 is 0 Å². The first-order chi connectivity index (χ1) is 4.18. The zero-order chi connectivity index (χ0) is 7.28. The quantitative estimate of drug-likeness (QED) is 0.476. The van der Waals surface area contributed by atoms with Gasteiger partial charge in [0.15, 0.2) is 0 Å². The summed E-state index contributed by atoms with van der Waals surface area (Å²) in [6, 6.07) is 0. The number of hydrogen-bond acceptors (Lipinski definition) is 3. The van der Waals surface area contributed by atoms with Crippen LogP contribution in [0.2, 0.25) is 0 Å². The van der Waals surface area contributed by atoms with E-state index in [4.69, 9.17) is 16.2 Å². The minimum atomic E-state index is 0.303. The van der Waals surface area contributed by atoms with Crippen LogP contribution in [0.1, 0.15) is 19.8 Å². The molecule has 0 aromatic heterocycles. The fraction of sp³-hybridized carbons (Fsp3) is 0.500. The van der Waals surface area contributed by atoms with Gasteiger partial charge in [-0.05, 0) is 26.0 Å². The van der Waals surface area contributed by atoms with Crippen LogP contribution in [0.5, 0.6) is 0 Å². The van der Waals surface area contributed by atoms with Gasteiger partial charge in [-0.1, -0.05) is 0 Å². The lowest BCUT2D eigenvalue weighted by molar-refractivity contribution is 1.15. The molecule has 9 heavy (non-hydrogen) atoms. The van der Waals surface area contributed by atoms with Gasteiger partial charge in [-0.25, -0.2) is 0 Å². The highest BCUT2D eigenvalue weighted by molar-refractivity contribution is 6.39. The van der Waals surface area contributed by atoms with E-state index in [1.54, 1.807) is 6.92 Å². The minimum absolute atomic E-state index is 0.303. The predicted molar refractivity (Wildman–Crippen MR) is 39.1 cm³/mol. The Balaban J connectivity index is 3.51. The van der Waals surface area contributed by atoms with Crippen LogP contribution in [-0.2, 0) is 0 Å². The molecule has 0 aliphatic heterocycles. The van der Waals surface area contributed by atoms with Gasteiger partial charge in [0.2, 0.25) is 0 Å². The van der Waals surface area contributed by atoms with Crippen molar-refractivity contribution in [3.8, 4) is 0 Å². The molecule has 0 bridgehead atoms. The Labute approximate surface area is 54.6 Å². The third-order valence-corrected chi connectivity index (χ3v) is 0.991. The molecule has 0 rings (SSSR count). The van der Waals surface area contributed by atoms with Crippen molar-refractivity contribution in [3.05, 3.63) is 0 Å². The van der Waals surface area contributed by atoms with Gasteiger partial charge in [0.1, 0.15) is 0 Å². The Kier molecular flexibility index (Phi) is 3.51. The molecule has 0 saturated carbocycles. The molecule has 0 amide bonds. The molecule has 0 radical (unpaired) electrons. The maximum absolute atomic E-state index is 7.12. The minimum Gasteiger partial charge on any atom is -0.313 e. The molecule has 0 unspecified atom stereocenters. The smallest absolute Gasteiger partial charge is 0.0522 e. The Morgan fingerprint density at radius 2 is 2.00 bits per heavy atom. The van der Waals surface area contributed by atoms with Gasteiger partial charge in [-0.15, -0.1) is 0 Å². The third kappa shape index (κ3) is 3.58. The molecule has 0 aliphatic rings. The van der Waals surface area contributed by atoms with Crippen molar-refractivity contribution in [1.82, 2.24) is 0 Å². The van der Waals surface area contributed by atoms with E-state index in [2.05, 4.69) is 0 Å². The van der Waals surface area contributed by atoms with Crippen LogP contribution < -0.4 is 0 Å². The van der Waals surface area contributed by atoms with Crippen LogP contribution in [-0.4, -0.2) is 17.6 Å². The van der Waals surface area contributed by atoms with Gasteiger partial charge in [0, 0.05) is 5.71 Å². The highest BCUT2D eigenvalue weighted by atomic mass is 14.5. The molecule has 0 saturated heterocycles. The zero-order valence-corrected chi connectivity index (χ0v) is 5.49. The summed E-state index contributed by atoms with van der Waals surface area (Å²) in [5, 5.41) is 20.7. The Bertz CT molecular complexity index is 137. The maximum atomic E-state index is 7.12. The summed E-state index contributed by atoms with van der Waals surface area (Å²) in [6.45, 7) is 1.59. The van der Waals surface area contributed by atoms with E-state index in [-0.39, 0.29) is 0 Å². The largest absolute Gasteiger partial charge is 0.313 e. The molecule has 0 aliphatic carbocycles. The van der Waals surface area contributed by atoms with Gasteiger partial charge in [-0.3, -0.25) is 0 Å². The van der Waals surface area contributed by atoms with Crippen LogP contribution in [0.15, 0.2) is 0 Å². The van der Waals surface area contributed by atoms with Crippen molar-refractivity contribution in [2.75, 3.05) is 0 Å². The average molecular weight is 125 g/mol. The SMILES string of the molecule is CC(=N)C(=N)CCC=N. The van der Waals surface area contributed by atoms with E-state index in [1.807, 2.05) is 0 Å². The zero-order valence-electron chi connectivity index (χ0n) is 5.49. The monoisotopic (exact) mass is 125 g/mol. The molecule has 0 atom stereocenters. The summed E-state index contributed by atoms with van der Waals surface area (Å²) in [5.74, 6) is 0. The van der Waals surface area contributed by atoms with Crippen molar-refractivity contribution in [1.29, 1.82) is 16.2 Å². The summed E-state index contributed by atoms with van der Waals surface area (Å²) >= 11 is 0. The first kappa shape index (κ1) is 8.01. The topological polar surface area (TPSA) is 71.6 Å². The number of hydrogen-bond donors (Lipinski definition) is 3. The fourth-order valence-electron chi connectivity index (χ4n) is 0.404. The standard InChI is InChI=1S/C6H11N3/c1-5(8)6(9)3-2-4-7/h4,7-9H,2-3H2,1H3. The molecule has 3 nitrogen and oxygen atoms in total. The maximum Gasteiger partial charge on any atom is 0.0522 e. The van der Waals surface area contributed by atoms with Gasteiger partial charge in [0.05, 0.1) is 5.71 Å². The molecule has 0 fully saturated rings. The van der Waals surface area contributed by atoms with Crippen LogP contribution in [0.3, 0.4) is 0 Å². The highest BCUT2D eigenvalue weighted by Gasteiger charge is 1.95. The second kappa shape index (κ2) is 3.95. The Hall–Kier alpha value is -0.990. The number of rotatable bonds is 4. The highest BCUT2D eigenvalue weighted by Crippen LogP contribution is 1.88. The van der Waals surface area contributed by atoms with Gasteiger partial charge < -0.3 is 16.2 Å². The summed E-state index contributed by atoms with van der Waals surface area (Å²) in [6.07, 6.45) is 2.37. The third-order valence-electron chi connectivity index (χ3n) is 0.991. The van der Waals surface area contributed by atoms with Crippen molar-refractivity contribution >= 4 is 17.6 Å². The molecule has 0 heterocycles. The lowest BCUT2D eigenvalue weighted by Crippen LogP contribution is -2.06. The lowest BCUT2D eigenvalue weighted by Gasteiger charge is -1.95. The number of nitrogens with one attached hydrogen (secondary N) is 3. The van der Waals surface area contributed by atoms with E-state index in [1.165, 1.54) is 6.21 Å². The Morgan fingerprint density at radius 3 is 2.33 bits per heavy atom. The summed E-state index contributed by atoms with van der Waals surface area (Å²) < 4.78 is 0. The van der Waals surface area contributed by atoms with Gasteiger partial charge in [-0.2, -0.15) is 0 Å².